The molecular formula is C13H14ClN3OS. The second-order valence-corrected chi connectivity index (χ2v) is 6.51. The van der Waals surface area contributed by atoms with Crippen molar-refractivity contribution in [3.63, 3.8) is 0 Å². The zero-order valence-electron chi connectivity index (χ0n) is 10.8. The summed E-state index contributed by atoms with van der Waals surface area (Å²) in [7, 11) is -0.878. The first-order chi connectivity index (χ1) is 9.04. The van der Waals surface area contributed by atoms with Crippen molar-refractivity contribution in [2.75, 3.05) is 12.0 Å². The van der Waals surface area contributed by atoms with Gasteiger partial charge in [0.05, 0.1) is 16.5 Å². The molecule has 0 N–H and O–H groups in total. The lowest BCUT2D eigenvalue weighted by atomic mass is 10.2. The fourth-order valence-corrected chi connectivity index (χ4v) is 2.62. The molecule has 1 heterocycles. The number of imidazole rings is 1. The van der Waals surface area contributed by atoms with Crippen LogP contribution in [0, 0.1) is 11.3 Å². The van der Waals surface area contributed by atoms with Crippen molar-refractivity contribution < 1.29 is 4.21 Å². The Kier molecular flexibility index (Phi) is 4.23. The van der Waals surface area contributed by atoms with Crippen LogP contribution in [0.25, 0.3) is 11.0 Å². The van der Waals surface area contributed by atoms with Crippen LogP contribution < -0.4 is 0 Å². The summed E-state index contributed by atoms with van der Waals surface area (Å²) in [5.74, 6) is 1.25. The van der Waals surface area contributed by atoms with Crippen molar-refractivity contribution >= 4 is 33.4 Å². The van der Waals surface area contributed by atoms with Gasteiger partial charge in [0.25, 0.3) is 0 Å². The average molecular weight is 296 g/mol. The van der Waals surface area contributed by atoms with Gasteiger partial charge in [-0.15, -0.1) is 11.6 Å². The van der Waals surface area contributed by atoms with Crippen molar-refractivity contribution in [1.82, 2.24) is 9.55 Å². The third kappa shape index (κ3) is 2.80. The van der Waals surface area contributed by atoms with E-state index in [9.17, 15) is 4.21 Å². The Morgan fingerprint density at radius 3 is 2.89 bits per heavy atom. The number of para-hydroxylation sites is 1. The molecule has 0 aliphatic rings. The number of benzene rings is 1. The highest BCUT2D eigenvalue weighted by Crippen LogP contribution is 2.26. The second kappa shape index (κ2) is 5.72. The van der Waals surface area contributed by atoms with Crippen molar-refractivity contribution in [3.05, 3.63) is 29.6 Å². The summed E-state index contributed by atoms with van der Waals surface area (Å²) < 4.78 is 13.2. The van der Waals surface area contributed by atoms with E-state index in [1.165, 1.54) is 0 Å². The highest BCUT2D eigenvalue weighted by atomic mass is 35.5. The van der Waals surface area contributed by atoms with Gasteiger partial charge < -0.3 is 4.57 Å². The average Bonchev–Trinajstić information content (AvgIpc) is 2.74. The van der Waals surface area contributed by atoms with E-state index < -0.39 is 10.8 Å². The highest BCUT2D eigenvalue weighted by molar-refractivity contribution is 7.84. The van der Waals surface area contributed by atoms with Gasteiger partial charge in [-0.1, -0.05) is 6.07 Å². The molecule has 100 valence electrons. The quantitative estimate of drug-likeness (QED) is 0.815. The van der Waals surface area contributed by atoms with Gasteiger partial charge in [0.1, 0.15) is 17.4 Å². The summed E-state index contributed by atoms with van der Waals surface area (Å²) in [6.07, 6.45) is 1.67. The van der Waals surface area contributed by atoms with Gasteiger partial charge in [0, 0.05) is 29.4 Å². The fraction of sp³-hybridized carbons (Fsp3) is 0.385. The van der Waals surface area contributed by atoms with E-state index in [2.05, 4.69) is 11.1 Å². The maximum absolute atomic E-state index is 11.3. The molecule has 0 spiro atoms. The van der Waals surface area contributed by atoms with E-state index in [0.29, 0.717) is 29.2 Å². The summed E-state index contributed by atoms with van der Waals surface area (Å²) in [4.78, 5) is 4.47. The maximum Gasteiger partial charge on any atom is 0.127 e. The monoisotopic (exact) mass is 295 g/mol. The van der Waals surface area contributed by atoms with Gasteiger partial charge >= 0.3 is 0 Å². The summed E-state index contributed by atoms with van der Waals surface area (Å²) in [5, 5.41) is 8.85. The smallest absolute Gasteiger partial charge is 0.127 e. The van der Waals surface area contributed by atoms with Crippen molar-refractivity contribution in [1.29, 1.82) is 5.26 Å². The minimum Gasteiger partial charge on any atom is -0.326 e. The maximum atomic E-state index is 11.3. The van der Waals surface area contributed by atoms with Crippen LogP contribution in [0.3, 0.4) is 0 Å². The first-order valence-corrected chi connectivity index (χ1v) is 8.04. The number of fused-ring (bicyclic) bond motifs is 1. The molecule has 2 rings (SSSR count). The molecule has 0 bridgehead atoms. The van der Waals surface area contributed by atoms with Crippen LogP contribution in [-0.2, 0) is 17.3 Å². The first kappa shape index (κ1) is 14.0. The van der Waals surface area contributed by atoms with Gasteiger partial charge in [-0.05, 0) is 19.1 Å². The number of nitriles is 1. The molecule has 2 aromatic rings. The van der Waals surface area contributed by atoms with E-state index in [0.717, 1.165) is 5.52 Å². The van der Waals surface area contributed by atoms with E-state index in [-0.39, 0.29) is 5.38 Å². The third-order valence-corrected chi connectivity index (χ3v) is 3.84. The Morgan fingerprint density at radius 2 is 2.32 bits per heavy atom. The topological polar surface area (TPSA) is 58.7 Å². The van der Waals surface area contributed by atoms with E-state index in [4.69, 9.17) is 16.9 Å². The van der Waals surface area contributed by atoms with Gasteiger partial charge in [-0.25, -0.2) is 4.98 Å². The summed E-state index contributed by atoms with van der Waals surface area (Å²) in [6, 6.07) is 7.60. The van der Waals surface area contributed by atoms with Crippen molar-refractivity contribution in [2.24, 2.45) is 0 Å². The minimum absolute atomic E-state index is 0.260. The molecule has 6 heteroatoms. The number of halogens is 1. The third-order valence-electron chi connectivity index (χ3n) is 2.89. The molecule has 0 saturated carbocycles. The summed E-state index contributed by atoms with van der Waals surface area (Å²) in [6.45, 7) is 2.43. The predicted octanol–water partition coefficient (Wildman–Crippen LogP) is 2.59. The predicted molar refractivity (Wildman–Crippen MR) is 77.6 cm³/mol. The van der Waals surface area contributed by atoms with Crippen LogP contribution in [0.1, 0.15) is 23.7 Å². The second-order valence-electron chi connectivity index (χ2n) is 4.30. The molecule has 19 heavy (non-hydrogen) atoms. The molecule has 0 amide bonds. The number of nitrogens with zero attached hydrogens (tertiary/aromatic N) is 3. The molecule has 2 unspecified atom stereocenters. The molecule has 1 aromatic heterocycles. The zero-order valence-corrected chi connectivity index (χ0v) is 12.3. The first-order valence-electron chi connectivity index (χ1n) is 5.88. The Balaban J connectivity index is 2.61. The van der Waals surface area contributed by atoms with Gasteiger partial charge in [0.2, 0.25) is 0 Å². The Morgan fingerprint density at radius 1 is 1.58 bits per heavy atom. The molecule has 0 aliphatic heterocycles. The normalized spacial score (nSPS) is 14.2. The van der Waals surface area contributed by atoms with Crippen LogP contribution >= 0.6 is 11.6 Å². The molecule has 0 radical (unpaired) electrons. The van der Waals surface area contributed by atoms with Gasteiger partial charge in [-0.3, -0.25) is 4.21 Å². The summed E-state index contributed by atoms with van der Waals surface area (Å²) in [5.41, 5.74) is 2.06. The van der Waals surface area contributed by atoms with Crippen molar-refractivity contribution in [2.45, 2.75) is 18.8 Å². The lowest BCUT2D eigenvalue weighted by Crippen LogP contribution is -2.10. The SMILES string of the molecule is CC(Cl)c1nc2c(C#N)cccc2n1CCS(C)=O. The number of aromatic nitrogens is 2. The van der Waals surface area contributed by atoms with E-state index in [1.54, 1.807) is 12.3 Å². The molecular weight excluding hydrogens is 282 g/mol. The van der Waals surface area contributed by atoms with Crippen LogP contribution in [0.2, 0.25) is 0 Å². The molecule has 4 nitrogen and oxygen atoms in total. The van der Waals surface area contributed by atoms with Gasteiger partial charge in [-0.2, -0.15) is 5.26 Å². The molecule has 0 fully saturated rings. The molecule has 2 atom stereocenters. The number of rotatable bonds is 4. The largest absolute Gasteiger partial charge is 0.326 e. The van der Waals surface area contributed by atoms with Crippen LogP contribution in [0.5, 0.6) is 0 Å². The fourth-order valence-electron chi connectivity index (χ4n) is 2.01. The number of hydrogen-bond donors (Lipinski definition) is 0. The number of alkyl halides is 1. The Labute approximate surface area is 119 Å². The van der Waals surface area contributed by atoms with Crippen LogP contribution in [0.15, 0.2) is 18.2 Å². The lowest BCUT2D eigenvalue weighted by molar-refractivity contribution is 0.672. The molecule has 0 saturated heterocycles. The zero-order chi connectivity index (χ0) is 14.0. The summed E-state index contributed by atoms with van der Waals surface area (Å²) >= 11 is 6.15. The van der Waals surface area contributed by atoms with E-state index in [1.807, 2.05) is 23.6 Å². The van der Waals surface area contributed by atoms with E-state index >= 15 is 0 Å². The molecule has 1 aromatic carbocycles. The number of aryl methyl sites for hydroxylation is 1. The highest BCUT2D eigenvalue weighted by Gasteiger charge is 2.16. The molecule has 0 aliphatic carbocycles. The Bertz CT molecular complexity index is 672. The van der Waals surface area contributed by atoms with Crippen LogP contribution in [0.4, 0.5) is 0 Å². The van der Waals surface area contributed by atoms with Crippen molar-refractivity contribution in [3.8, 4) is 6.07 Å². The number of hydrogen-bond acceptors (Lipinski definition) is 3. The Hall–Kier alpha value is -1.38. The van der Waals surface area contributed by atoms with Crippen LogP contribution in [-0.4, -0.2) is 25.8 Å². The van der Waals surface area contributed by atoms with Gasteiger partial charge in [0.15, 0.2) is 0 Å². The standard InChI is InChI=1S/C13H14ClN3OS/c1-9(14)13-16-12-10(8-15)4-3-5-11(12)17(13)6-7-19(2)18/h3-5,9H,6-7H2,1-2H3. The minimum atomic E-state index is -0.878. The lowest BCUT2D eigenvalue weighted by Gasteiger charge is -2.09.